The van der Waals surface area contributed by atoms with Crippen LogP contribution < -0.4 is 5.32 Å². The Morgan fingerprint density at radius 3 is 2.81 bits per heavy atom. The molecule has 1 atom stereocenters. The van der Waals surface area contributed by atoms with E-state index in [1.807, 2.05) is 6.92 Å². The van der Waals surface area contributed by atoms with Crippen LogP contribution in [0.1, 0.15) is 59.2 Å². The maximum Gasteiger partial charge on any atom is 0.341 e. The Morgan fingerprint density at radius 2 is 2.15 bits per heavy atom. The van der Waals surface area contributed by atoms with Gasteiger partial charge in [0.15, 0.2) is 0 Å². The molecule has 6 nitrogen and oxygen atoms in total. The largest absolute Gasteiger partial charge is 0.462 e. The van der Waals surface area contributed by atoms with Crippen LogP contribution in [0.4, 0.5) is 5.00 Å². The number of esters is 1. The number of nitrogens with one attached hydrogen (secondary N) is 1. The van der Waals surface area contributed by atoms with Crippen LogP contribution in [0.5, 0.6) is 0 Å². The van der Waals surface area contributed by atoms with E-state index in [1.165, 1.54) is 16.2 Å². The molecule has 0 spiro atoms. The fourth-order valence-corrected chi connectivity index (χ4v) is 4.75. The maximum absolute atomic E-state index is 12.8. The summed E-state index contributed by atoms with van der Waals surface area (Å²) < 4.78 is 7.76. The van der Waals surface area contributed by atoms with Crippen molar-refractivity contribution < 1.29 is 14.3 Å². The van der Waals surface area contributed by atoms with Gasteiger partial charge in [0.05, 0.1) is 28.5 Å². The molecule has 3 rings (SSSR count). The Kier molecular flexibility index (Phi) is 5.82. The molecule has 140 valence electrons. The quantitative estimate of drug-likeness (QED) is 0.705. The Morgan fingerprint density at radius 1 is 1.42 bits per heavy atom. The van der Waals surface area contributed by atoms with Crippen molar-refractivity contribution in [1.82, 2.24) is 9.78 Å². The van der Waals surface area contributed by atoms with Gasteiger partial charge < -0.3 is 10.1 Å². The summed E-state index contributed by atoms with van der Waals surface area (Å²) in [6, 6.07) is -0.490. The van der Waals surface area contributed by atoms with Gasteiger partial charge in [0.2, 0.25) is 5.91 Å². The molecule has 0 aromatic carbocycles. The van der Waals surface area contributed by atoms with Gasteiger partial charge in [-0.1, -0.05) is 0 Å². The number of rotatable bonds is 5. The smallest absolute Gasteiger partial charge is 0.341 e. The number of carbonyl (C=O) groups is 2. The highest BCUT2D eigenvalue weighted by Gasteiger charge is 2.28. The molecule has 26 heavy (non-hydrogen) atoms. The first-order valence-electron chi connectivity index (χ1n) is 8.76. The molecule has 1 aliphatic rings. The Labute approximate surface area is 165 Å². The van der Waals surface area contributed by atoms with Crippen LogP contribution in [0.15, 0.2) is 10.7 Å². The van der Waals surface area contributed by atoms with E-state index in [0.29, 0.717) is 17.2 Å². The molecule has 0 bridgehead atoms. The number of fused-ring (bicyclic) bond motifs is 1. The van der Waals surface area contributed by atoms with E-state index < -0.39 is 6.04 Å². The van der Waals surface area contributed by atoms with Crippen molar-refractivity contribution in [2.24, 2.45) is 0 Å². The number of aromatic nitrogens is 2. The third kappa shape index (κ3) is 3.57. The molecular weight excluding hydrogens is 418 g/mol. The molecule has 1 N–H and O–H groups in total. The second kappa shape index (κ2) is 7.92. The highest BCUT2D eigenvalue weighted by atomic mass is 79.9. The van der Waals surface area contributed by atoms with Crippen LogP contribution in [0.2, 0.25) is 0 Å². The fraction of sp³-hybridized carbons (Fsp3) is 0.500. The zero-order chi connectivity index (χ0) is 18.8. The summed E-state index contributed by atoms with van der Waals surface area (Å²) in [5.41, 5.74) is 2.45. The molecule has 2 aromatic heterocycles. The van der Waals surface area contributed by atoms with Crippen LogP contribution in [-0.4, -0.2) is 28.3 Å². The highest BCUT2D eigenvalue weighted by molar-refractivity contribution is 9.10. The summed E-state index contributed by atoms with van der Waals surface area (Å²) in [5, 5.41) is 7.79. The van der Waals surface area contributed by atoms with E-state index in [1.54, 1.807) is 24.7 Å². The minimum absolute atomic E-state index is 0.201. The van der Waals surface area contributed by atoms with Crippen LogP contribution in [0, 0.1) is 6.92 Å². The molecule has 2 aromatic rings. The second-order valence-electron chi connectivity index (χ2n) is 6.32. The minimum Gasteiger partial charge on any atom is -0.462 e. The van der Waals surface area contributed by atoms with Crippen LogP contribution in [0.3, 0.4) is 0 Å². The lowest BCUT2D eigenvalue weighted by Crippen LogP contribution is -2.25. The summed E-state index contributed by atoms with van der Waals surface area (Å²) in [6.07, 6.45) is 5.65. The number of hydrogen-bond donors (Lipinski definition) is 1. The first kappa shape index (κ1) is 19.1. The number of ether oxygens (including phenoxy) is 1. The number of carbonyl (C=O) groups excluding carboxylic acids is 2. The third-order valence-electron chi connectivity index (χ3n) is 4.62. The van der Waals surface area contributed by atoms with Gasteiger partial charge in [0, 0.05) is 4.88 Å². The molecule has 0 aliphatic heterocycles. The van der Waals surface area contributed by atoms with E-state index in [2.05, 4.69) is 26.3 Å². The third-order valence-corrected chi connectivity index (χ3v) is 6.60. The van der Waals surface area contributed by atoms with E-state index in [9.17, 15) is 9.59 Å². The number of thiophene rings is 1. The average Bonchev–Trinajstić information content (AvgIpc) is 3.14. The zero-order valence-corrected chi connectivity index (χ0v) is 17.5. The number of nitrogens with zero attached hydrogens (tertiary/aromatic N) is 2. The van der Waals surface area contributed by atoms with Gasteiger partial charge >= 0.3 is 5.97 Å². The van der Waals surface area contributed by atoms with Crippen molar-refractivity contribution in [3.05, 3.63) is 32.4 Å². The summed E-state index contributed by atoms with van der Waals surface area (Å²) in [7, 11) is 0. The number of amides is 1. The summed E-state index contributed by atoms with van der Waals surface area (Å²) >= 11 is 4.91. The fourth-order valence-electron chi connectivity index (χ4n) is 3.19. The minimum atomic E-state index is -0.490. The monoisotopic (exact) mass is 439 g/mol. The number of hydrogen-bond acceptors (Lipinski definition) is 5. The first-order valence-corrected chi connectivity index (χ1v) is 10.4. The average molecular weight is 440 g/mol. The highest BCUT2D eigenvalue weighted by Crippen LogP contribution is 2.39. The number of halogens is 1. The molecule has 1 amide bonds. The van der Waals surface area contributed by atoms with Crippen molar-refractivity contribution in [2.75, 3.05) is 11.9 Å². The van der Waals surface area contributed by atoms with Crippen LogP contribution in [-0.2, 0) is 22.4 Å². The predicted molar refractivity (Wildman–Crippen MR) is 105 cm³/mol. The molecule has 8 heteroatoms. The van der Waals surface area contributed by atoms with E-state index in [-0.39, 0.29) is 11.9 Å². The van der Waals surface area contributed by atoms with Crippen molar-refractivity contribution in [3.8, 4) is 0 Å². The van der Waals surface area contributed by atoms with Crippen LogP contribution >= 0.6 is 27.3 Å². The zero-order valence-electron chi connectivity index (χ0n) is 15.1. The van der Waals surface area contributed by atoms with Crippen LogP contribution in [0.25, 0.3) is 0 Å². The molecule has 0 fully saturated rings. The van der Waals surface area contributed by atoms with Gasteiger partial charge in [-0.05, 0) is 67.9 Å². The van der Waals surface area contributed by atoms with Gasteiger partial charge in [0.1, 0.15) is 11.0 Å². The lowest BCUT2D eigenvalue weighted by Gasteiger charge is -2.15. The SMILES string of the molecule is CCOC(=O)c1c(NC(=O)C(C)n2ncc(Br)c2C)sc2c1CCCC2. The number of aryl methyl sites for hydroxylation is 1. The number of anilines is 1. The molecule has 0 radical (unpaired) electrons. The van der Waals surface area contributed by atoms with Gasteiger partial charge in [-0.25, -0.2) is 4.79 Å². The van der Waals surface area contributed by atoms with Crippen molar-refractivity contribution in [3.63, 3.8) is 0 Å². The Balaban J connectivity index is 1.89. The molecule has 1 unspecified atom stereocenters. The standard InChI is InChI=1S/C18H22BrN3O3S/c1-4-25-18(24)15-12-7-5-6-8-14(12)26-17(15)21-16(23)11(3)22-10(2)13(19)9-20-22/h9,11H,4-8H2,1-3H3,(H,21,23). The second-order valence-corrected chi connectivity index (χ2v) is 8.28. The lowest BCUT2D eigenvalue weighted by molar-refractivity contribution is -0.119. The summed E-state index contributed by atoms with van der Waals surface area (Å²) in [4.78, 5) is 26.5. The molecular formula is C18H22BrN3O3S. The molecule has 2 heterocycles. The van der Waals surface area contributed by atoms with E-state index >= 15 is 0 Å². The Bertz CT molecular complexity index is 843. The molecule has 0 saturated carbocycles. The summed E-state index contributed by atoms with van der Waals surface area (Å²) in [5.74, 6) is -0.555. The van der Waals surface area contributed by atoms with Gasteiger partial charge in [-0.3, -0.25) is 9.48 Å². The van der Waals surface area contributed by atoms with Gasteiger partial charge in [-0.2, -0.15) is 5.10 Å². The predicted octanol–water partition coefficient (Wildman–Crippen LogP) is 4.27. The van der Waals surface area contributed by atoms with Crippen molar-refractivity contribution in [2.45, 2.75) is 52.5 Å². The van der Waals surface area contributed by atoms with Gasteiger partial charge in [0.25, 0.3) is 0 Å². The maximum atomic E-state index is 12.8. The van der Waals surface area contributed by atoms with Crippen molar-refractivity contribution >= 4 is 44.1 Å². The Hall–Kier alpha value is -1.67. The topological polar surface area (TPSA) is 73.2 Å². The molecule has 1 aliphatic carbocycles. The summed E-state index contributed by atoms with van der Waals surface area (Å²) in [6.45, 7) is 5.79. The lowest BCUT2D eigenvalue weighted by atomic mass is 9.95. The van der Waals surface area contributed by atoms with E-state index in [0.717, 1.165) is 41.4 Å². The van der Waals surface area contributed by atoms with Crippen molar-refractivity contribution in [1.29, 1.82) is 0 Å². The molecule has 0 saturated heterocycles. The first-order chi connectivity index (χ1) is 12.4. The van der Waals surface area contributed by atoms with Gasteiger partial charge in [-0.15, -0.1) is 11.3 Å². The normalized spacial score (nSPS) is 14.6. The van der Waals surface area contributed by atoms with E-state index in [4.69, 9.17) is 4.74 Å².